The zero-order valence-electron chi connectivity index (χ0n) is 12.4. The van der Waals surface area contributed by atoms with E-state index in [1.54, 1.807) is 7.11 Å². The highest BCUT2D eigenvalue weighted by Crippen LogP contribution is 2.31. The van der Waals surface area contributed by atoms with Crippen molar-refractivity contribution in [1.29, 1.82) is 0 Å². The maximum Gasteiger partial charge on any atom is 0.241 e. The predicted octanol–water partition coefficient (Wildman–Crippen LogP) is 1.89. The predicted molar refractivity (Wildman–Crippen MR) is 85.7 cm³/mol. The lowest BCUT2D eigenvalue weighted by Gasteiger charge is -2.30. The van der Waals surface area contributed by atoms with Gasteiger partial charge in [-0.1, -0.05) is 18.2 Å². The summed E-state index contributed by atoms with van der Waals surface area (Å²) < 4.78 is 5.41. The lowest BCUT2D eigenvalue weighted by Crippen LogP contribution is -2.51. The molecule has 1 aromatic rings. The lowest BCUT2D eigenvalue weighted by atomic mass is 10.1. The first-order valence-corrected chi connectivity index (χ1v) is 8.68. The monoisotopic (exact) mass is 306 g/mol. The molecule has 0 spiro atoms. The fourth-order valence-electron chi connectivity index (χ4n) is 2.71. The number of benzene rings is 1. The molecule has 1 saturated heterocycles. The van der Waals surface area contributed by atoms with E-state index in [-0.39, 0.29) is 11.9 Å². The second-order valence-electron chi connectivity index (χ2n) is 5.59. The molecule has 1 heterocycles. The van der Waals surface area contributed by atoms with Crippen LogP contribution in [0.1, 0.15) is 18.4 Å². The Morgan fingerprint density at radius 2 is 2.24 bits per heavy atom. The van der Waals surface area contributed by atoms with Gasteiger partial charge in [-0.2, -0.15) is 11.8 Å². The van der Waals surface area contributed by atoms with Crippen LogP contribution in [0.2, 0.25) is 0 Å². The van der Waals surface area contributed by atoms with Crippen LogP contribution in [-0.4, -0.2) is 48.1 Å². The van der Waals surface area contributed by atoms with Crippen molar-refractivity contribution in [3.05, 3.63) is 29.8 Å². The van der Waals surface area contributed by atoms with Crippen LogP contribution in [0.25, 0.3) is 0 Å². The van der Waals surface area contributed by atoms with Crippen molar-refractivity contribution in [3.63, 3.8) is 0 Å². The van der Waals surface area contributed by atoms with Gasteiger partial charge in [-0.15, -0.1) is 0 Å². The van der Waals surface area contributed by atoms with E-state index >= 15 is 0 Å². The van der Waals surface area contributed by atoms with Gasteiger partial charge in [0.15, 0.2) is 0 Å². The molecular weight excluding hydrogens is 284 g/mol. The van der Waals surface area contributed by atoms with E-state index in [4.69, 9.17) is 4.74 Å². The zero-order chi connectivity index (χ0) is 14.7. The Labute approximate surface area is 130 Å². The van der Waals surface area contributed by atoms with Crippen molar-refractivity contribution >= 4 is 17.7 Å². The van der Waals surface area contributed by atoms with E-state index in [0.717, 1.165) is 42.2 Å². The number of hydrogen-bond donors (Lipinski definition) is 1. The number of para-hydroxylation sites is 1. The maximum atomic E-state index is 12.8. The van der Waals surface area contributed by atoms with Gasteiger partial charge in [0.2, 0.25) is 5.91 Å². The Bertz CT molecular complexity index is 499. The summed E-state index contributed by atoms with van der Waals surface area (Å²) in [5.74, 6) is 3.09. The summed E-state index contributed by atoms with van der Waals surface area (Å²) >= 11 is 1.86. The van der Waals surface area contributed by atoms with Crippen LogP contribution in [0.3, 0.4) is 0 Å². The Kier molecular flexibility index (Phi) is 4.70. The number of amides is 1. The van der Waals surface area contributed by atoms with Crippen LogP contribution in [-0.2, 0) is 11.3 Å². The second-order valence-corrected chi connectivity index (χ2v) is 6.74. The minimum atomic E-state index is -0.0287. The summed E-state index contributed by atoms with van der Waals surface area (Å²) in [5, 5.41) is 3.35. The molecule has 1 aliphatic heterocycles. The maximum absolute atomic E-state index is 12.8. The number of carbonyl (C=O) groups is 1. The van der Waals surface area contributed by atoms with Gasteiger partial charge in [-0.25, -0.2) is 0 Å². The number of methoxy groups -OCH3 is 1. The van der Waals surface area contributed by atoms with E-state index in [2.05, 4.69) is 5.32 Å². The van der Waals surface area contributed by atoms with Gasteiger partial charge in [-0.3, -0.25) is 4.79 Å². The average molecular weight is 306 g/mol. The van der Waals surface area contributed by atoms with Crippen molar-refractivity contribution in [1.82, 2.24) is 10.2 Å². The highest BCUT2D eigenvalue weighted by molar-refractivity contribution is 7.99. The van der Waals surface area contributed by atoms with E-state index in [0.29, 0.717) is 12.6 Å². The highest BCUT2D eigenvalue weighted by atomic mass is 32.2. The standard InChI is InChI=1S/C16H22N2O2S/c1-20-15-5-3-2-4-12(15)10-18(13-6-7-13)16(19)14-11-21-9-8-17-14/h2-5,13-14,17H,6-11H2,1H3. The van der Waals surface area contributed by atoms with Crippen molar-refractivity contribution in [2.75, 3.05) is 25.2 Å². The first-order valence-electron chi connectivity index (χ1n) is 7.53. The molecule has 114 valence electrons. The molecule has 5 heteroatoms. The summed E-state index contributed by atoms with van der Waals surface area (Å²) in [7, 11) is 1.68. The number of nitrogens with zero attached hydrogens (tertiary/aromatic N) is 1. The third-order valence-corrected chi connectivity index (χ3v) is 5.09. The van der Waals surface area contributed by atoms with Crippen molar-refractivity contribution < 1.29 is 9.53 Å². The molecule has 0 radical (unpaired) electrons. The van der Waals surface area contributed by atoms with Gasteiger partial charge in [0.05, 0.1) is 13.2 Å². The van der Waals surface area contributed by atoms with E-state index < -0.39 is 0 Å². The van der Waals surface area contributed by atoms with Crippen LogP contribution < -0.4 is 10.1 Å². The summed E-state index contributed by atoms with van der Waals surface area (Å²) in [4.78, 5) is 14.8. The molecular formula is C16H22N2O2S. The molecule has 4 nitrogen and oxygen atoms in total. The molecule has 3 rings (SSSR count). The number of hydrogen-bond acceptors (Lipinski definition) is 4. The molecule has 0 bridgehead atoms. The van der Waals surface area contributed by atoms with Crippen LogP contribution in [0.4, 0.5) is 0 Å². The van der Waals surface area contributed by atoms with Gasteiger partial charge in [0.1, 0.15) is 5.75 Å². The largest absolute Gasteiger partial charge is 0.496 e. The van der Waals surface area contributed by atoms with E-state index in [1.165, 1.54) is 0 Å². The molecule has 1 aromatic carbocycles. The first kappa shape index (κ1) is 14.7. The molecule has 21 heavy (non-hydrogen) atoms. The minimum absolute atomic E-state index is 0.0287. The molecule has 1 N–H and O–H groups in total. The van der Waals surface area contributed by atoms with Gasteiger partial charge in [0.25, 0.3) is 0 Å². The fourth-order valence-corrected chi connectivity index (χ4v) is 3.64. The van der Waals surface area contributed by atoms with Crippen molar-refractivity contribution in [2.24, 2.45) is 0 Å². The van der Waals surface area contributed by atoms with Crippen molar-refractivity contribution in [3.8, 4) is 5.75 Å². The summed E-state index contributed by atoms with van der Waals surface area (Å²) in [6.45, 7) is 1.57. The molecule has 1 aliphatic carbocycles. The second kappa shape index (κ2) is 6.71. The number of nitrogens with one attached hydrogen (secondary N) is 1. The van der Waals surface area contributed by atoms with Gasteiger partial charge in [-0.05, 0) is 18.9 Å². The van der Waals surface area contributed by atoms with Gasteiger partial charge >= 0.3 is 0 Å². The van der Waals surface area contributed by atoms with Gasteiger partial charge < -0.3 is 15.0 Å². The average Bonchev–Trinajstić information content (AvgIpc) is 3.38. The third kappa shape index (κ3) is 3.52. The van der Waals surface area contributed by atoms with Crippen LogP contribution in [0.5, 0.6) is 5.75 Å². The lowest BCUT2D eigenvalue weighted by molar-refractivity contribution is -0.134. The first-order chi connectivity index (χ1) is 10.3. The smallest absolute Gasteiger partial charge is 0.241 e. The Morgan fingerprint density at radius 1 is 1.43 bits per heavy atom. The number of thioether (sulfide) groups is 1. The normalized spacial score (nSPS) is 21.9. The summed E-state index contributed by atoms with van der Waals surface area (Å²) in [6.07, 6.45) is 2.25. The Balaban J connectivity index is 1.73. The fraction of sp³-hybridized carbons (Fsp3) is 0.562. The topological polar surface area (TPSA) is 41.6 Å². The highest BCUT2D eigenvalue weighted by Gasteiger charge is 2.36. The molecule has 1 saturated carbocycles. The number of ether oxygens (including phenoxy) is 1. The van der Waals surface area contributed by atoms with Crippen LogP contribution >= 0.6 is 11.8 Å². The minimum Gasteiger partial charge on any atom is -0.496 e. The van der Waals surface area contributed by atoms with Gasteiger partial charge in [0, 0.05) is 36.2 Å². The molecule has 2 fully saturated rings. The molecule has 1 unspecified atom stereocenters. The Morgan fingerprint density at radius 3 is 2.90 bits per heavy atom. The quantitative estimate of drug-likeness (QED) is 0.902. The van der Waals surface area contributed by atoms with E-state index in [9.17, 15) is 4.79 Å². The third-order valence-electron chi connectivity index (χ3n) is 4.02. The number of rotatable bonds is 5. The molecule has 0 aromatic heterocycles. The van der Waals surface area contributed by atoms with E-state index in [1.807, 2.05) is 40.9 Å². The number of carbonyl (C=O) groups excluding carboxylic acids is 1. The molecule has 1 atom stereocenters. The zero-order valence-corrected chi connectivity index (χ0v) is 13.2. The Hall–Kier alpha value is -1.20. The van der Waals surface area contributed by atoms with Crippen LogP contribution in [0.15, 0.2) is 24.3 Å². The SMILES string of the molecule is COc1ccccc1CN(C(=O)C1CSCCN1)C1CC1. The summed E-state index contributed by atoms with van der Waals surface area (Å²) in [5.41, 5.74) is 1.09. The molecule has 2 aliphatic rings. The molecule has 1 amide bonds. The summed E-state index contributed by atoms with van der Waals surface area (Å²) in [6, 6.07) is 8.35. The van der Waals surface area contributed by atoms with Crippen LogP contribution in [0, 0.1) is 0 Å². The van der Waals surface area contributed by atoms with Crippen molar-refractivity contribution in [2.45, 2.75) is 31.5 Å².